The summed E-state index contributed by atoms with van der Waals surface area (Å²) in [6, 6.07) is 5.24. The van der Waals surface area contributed by atoms with Crippen LogP contribution in [0.15, 0.2) is 22.7 Å². The van der Waals surface area contributed by atoms with Crippen LogP contribution in [0.2, 0.25) is 0 Å². The van der Waals surface area contributed by atoms with Crippen molar-refractivity contribution in [1.29, 1.82) is 0 Å². The Morgan fingerprint density at radius 1 is 1.57 bits per heavy atom. The standard InChI is InChI=1S/C11H9BrO2/c1-2-3-6-14-10-4-5-11(12)9(7-10)8-13/h4-5,7-8H,6H2,1H3. The lowest BCUT2D eigenvalue weighted by Gasteiger charge is -2.03. The van der Waals surface area contributed by atoms with Crippen molar-refractivity contribution in [2.75, 3.05) is 6.61 Å². The van der Waals surface area contributed by atoms with Gasteiger partial charge in [-0.2, -0.15) is 0 Å². The summed E-state index contributed by atoms with van der Waals surface area (Å²) in [5.41, 5.74) is 0.576. The first-order valence-corrected chi connectivity index (χ1v) is 4.84. The lowest BCUT2D eigenvalue weighted by atomic mass is 10.2. The Bertz CT molecular complexity index is 388. The molecule has 0 N–H and O–H groups in total. The van der Waals surface area contributed by atoms with E-state index in [0.717, 1.165) is 10.8 Å². The maximum Gasteiger partial charge on any atom is 0.151 e. The first-order chi connectivity index (χ1) is 6.77. The molecule has 0 amide bonds. The first-order valence-electron chi connectivity index (χ1n) is 4.05. The third-order valence-electron chi connectivity index (χ3n) is 1.58. The number of ether oxygens (including phenoxy) is 1. The van der Waals surface area contributed by atoms with Gasteiger partial charge in [-0.3, -0.25) is 4.79 Å². The van der Waals surface area contributed by atoms with Gasteiger partial charge >= 0.3 is 0 Å². The molecule has 0 heterocycles. The van der Waals surface area contributed by atoms with Gasteiger partial charge in [0.15, 0.2) is 6.29 Å². The molecular weight excluding hydrogens is 244 g/mol. The fourth-order valence-electron chi connectivity index (χ4n) is 0.894. The second-order valence-electron chi connectivity index (χ2n) is 2.52. The van der Waals surface area contributed by atoms with Gasteiger partial charge in [0.1, 0.15) is 12.4 Å². The Hall–Kier alpha value is -1.27. The van der Waals surface area contributed by atoms with Gasteiger partial charge in [0.05, 0.1) is 0 Å². The number of carbonyl (C=O) groups is 1. The van der Waals surface area contributed by atoms with Crippen LogP contribution in [0.5, 0.6) is 5.75 Å². The van der Waals surface area contributed by atoms with Crippen molar-refractivity contribution in [2.24, 2.45) is 0 Å². The summed E-state index contributed by atoms with van der Waals surface area (Å²) < 4.78 is 6.06. The highest BCUT2D eigenvalue weighted by Crippen LogP contribution is 2.20. The molecule has 3 heteroatoms. The lowest BCUT2D eigenvalue weighted by Crippen LogP contribution is -1.94. The predicted octanol–water partition coefficient (Wildman–Crippen LogP) is 2.66. The van der Waals surface area contributed by atoms with E-state index in [1.165, 1.54) is 0 Å². The monoisotopic (exact) mass is 252 g/mol. The van der Waals surface area contributed by atoms with Crippen molar-refractivity contribution < 1.29 is 9.53 Å². The molecule has 14 heavy (non-hydrogen) atoms. The zero-order valence-corrected chi connectivity index (χ0v) is 9.30. The highest BCUT2D eigenvalue weighted by Gasteiger charge is 2.00. The van der Waals surface area contributed by atoms with Crippen molar-refractivity contribution in [2.45, 2.75) is 6.92 Å². The van der Waals surface area contributed by atoms with E-state index in [4.69, 9.17) is 4.74 Å². The molecule has 2 nitrogen and oxygen atoms in total. The largest absolute Gasteiger partial charge is 0.481 e. The summed E-state index contributed by atoms with van der Waals surface area (Å²) in [6.07, 6.45) is 0.780. The fourth-order valence-corrected chi connectivity index (χ4v) is 1.23. The molecule has 0 bridgehead atoms. The maximum absolute atomic E-state index is 10.6. The van der Waals surface area contributed by atoms with Gasteiger partial charge in [0.25, 0.3) is 0 Å². The molecule has 0 fully saturated rings. The molecule has 0 aliphatic heterocycles. The Kier molecular flexibility index (Phi) is 4.21. The zero-order chi connectivity index (χ0) is 10.4. The molecule has 0 radical (unpaired) electrons. The average Bonchev–Trinajstić information content (AvgIpc) is 2.21. The number of halogens is 1. The summed E-state index contributed by atoms with van der Waals surface area (Å²) in [4.78, 5) is 10.6. The van der Waals surface area contributed by atoms with E-state index in [0.29, 0.717) is 17.9 Å². The molecule has 1 aromatic rings. The minimum absolute atomic E-state index is 0.344. The van der Waals surface area contributed by atoms with Crippen LogP contribution in [0.3, 0.4) is 0 Å². The number of hydrogen-bond donors (Lipinski definition) is 0. The molecule has 0 saturated heterocycles. The topological polar surface area (TPSA) is 26.3 Å². The molecule has 0 atom stereocenters. The van der Waals surface area contributed by atoms with Crippen LogP contribution < -0.4 is 4.74 Å². The molecule has 1 aromatic carbocycles. The second-order valence-corrected chi connectivity index (χ2v) is 3.37. The molecule has 0 unspecified atom stereocenters. The average molecular weight is 253 g/mol. The van der Waals surface area contributed by atoms with Crippen LogP contribution in [-0.4, -0.2) is 12.9 Å². The SMILES string of the molecule is CC#CCOc1ccc(Br)c(C=O)c1. The minimum Gasteiger partial charge on any atom is -0.481 e. The van der Waals surface area contributed by atoms with Gasteiger partial charge in [-0.1, -0.05) is 21.9 Å². The van der Waals surface area contributed by atoms with Crippen molar-refractivity contribution >= 4 is 22.2 Å². The van der Waals surface area contributed by atoms with Gasteiger partial charge in [-0.15, -0.1) is 5.92 Å². The summed E-state index contributed by atoms with van der Waals surface area (Å²) in [7, 11) is 0. The second kappa shape index (κ2) is 5.46. The molecule has 0 spiro atoms. The lowest BCUT2D eigenvalue weighted by molar-refractivity contribution is 0.112. The number of benzene rings is 1. The normalized spacial score (nSPS) is 8.71. The molecule has 0 aliphatic carbocycles. The summed E-state index contributed by atoms with van der Waals surface area (Å²) >= 11 is 3.26. The van der Waals surface area contributed by atoms with E-state index in [9.17, 15) is 4.79 Å². The van der Waals surface area contributed by atoms with E-state index >= 15 is 0 Å². The van der Waals surface area contributed by atoms with Crippen LogP contribution >= 0.6 is 15.9 Å². The van der Waals surface area contributed by atoms with Gasteiger partial charge < -0.3 is 4.74 Å². The van der Waals surface area contributed by atoms with Crippen LogP contribution in [0.25, 0.3) is 0 Å². The van der Waals surface area contributed by atoms with Crippen LogP contribution in [0.4, 0.5) is 0 Å². The zero-order valence-electron chi connectivity index (χ0n) is 7.71. The van der Waals surface area contributed by atoms with Crippen LogP contribution in [0, 0.1) is 11.8 Å². The maximum atomic E-state index is 10.6. The molecule has 1 rings (SSSR count). The molecule has 72 valence electrons. The number of carbonyl (C=O) groups excluding carboxylic acids is 1. The fraction of sp³-hybridized carbons (Fsp3) is 0.182. The Morgan fingerprint density at radius 2 is 2.36 bits per heavy atom. The van der Waals surface area contributed by atoms with Gasteiger partial charge in [0, 0.05) is 10.0 Å². The minimum atomic E-state index is 0.344. The van der Waals surface area contributed by atoms with Crippen molar-refractivity contribution in [3.05, 3.63) is 28.2 Å². The molecule has 0 aliphatic rings. The smallest absolute Gasteiger partial charge is 0.151 e. The number of rotatable bonds is 3. The van der Waals surface area contributed by atoms with E-state index in [-0.39, 0.29) is 0 Å². The van der Waals surface area contributed by atoms with Gasteiger partial charge in [0.2, 0.25) is 0 Å². The first kappa shape index (κ1) is 10.8. The molecular formula is C11H9BrO2. The van der Waals surface area contributed by atoms with Crippen LogP contribution in [0.1, 0.15) is 17.3 Å². The van der Waals surface area contributed by atoms with E-state index in [2.05, 4.69) is 27.8 Å². The highest BCUT2D eigenvalue weighted by atomic mass is 79.9. The van der Waals surface area contributed by atoms with Crippen molar-refractivity contribution in [3.8, 4) is 17.6 Å². The van der Waals surface area contributed by atoms with E-state index in [1.807, 2.05) is 0 Å². The molecule has 0 aromatic heterocycles. The Labute approximate surface area is 91.4 Å². The van der Waals surface area contributed by atoms with E-state index in [1.54, 1.807) is 25.1 Å². The van der Waals surface area contributed by atoms with Gasteiger partial charge in [-0.05, 0) is 25.1 Å². The summed E-state index contributed by atoms with van der Waals surface area (Å²) in [5, 5.41) is 0. The quantitative estimate of drug-likeness (QED) is 0.611. The predicted molar refractivity (Wildman–Crippen MR) is 58.5 cm³/mol. The van der Waals surface area contributed by atoms with Crippen molar-refractivity contribution in [1.82, 2.24) is 0 Å². The van der Waals surface area contributed by atoms with Gasteiger partial charge in [-0.25, -0.2) is 0 Å². The highest BCUT2D eigenvalue weighted by molar-refractivity contribution is 9.10. The third-order valence-corrected chi connectivity index (χ3v) is 2.30. The third kappa shape index (κ3) is 2.90. The number of aldehydes is 1. The summed E-state index contributed by atoms with van der Waals surface area (Å²) in [5.74, 6) is 6.15. The molecule has 0 saturated carbocycles. The Balaban J connectivity index is 2.77. The number of hydrogen-bond acceptors (Lipinski definition) is 2. The van der Waals surface area contributed by atoms with Crippen LogP contribution in [-0.2, 0) is 0 Å². The Morgan fingerprint density at radius 3 is 3.00 bits per heavy atom. The summed E-state index contributed by atoms with van der Waals surface area (Å²) in [6.45, 7) is 2.10. The van der Waals surface area contributed by atoms with Crippen molar-refractivity contribution in [3.63, 3.8) is 0 Å². The van der Waals surface area contributed by atoms with E-state index < -0.39 is 0 Å².